The van der Waals surface area contributed by atoms with Crippen molar-refractivity contribution in [3.63, 3.8) is 0 Å². The molecule has 0 aliphatic heterocycles. The van der Waals surface area contributed by atoms with Gasteiger partial charge in [-0.1, -0.05) is 42.5 Å². The molecule has 1 N–H and O–H groups in total. The number of nitrogens with zero attached hydrogens (tertiary/aromatic N) is 2. The van der Waals surface area contributed by atoms with Gasteiger partial charge in [0.2, 0.25) is 0 Å². The number of benzene rings is 3. The molecule has 0 spiro atoms. The summed E-state index contributed by atoms with van der Waals surface area (Å²) in [6.45, 7) is 1.52. The molecule has 0 fully saturated rings. The van der Waals surface area contributed by atoms with Gasteiger partial charge in [-0.3, -0.25) is 9.69 Å². The molecule has 3 aromatic carbocycles. The molecule has 0 atom stereocenters. The molecule has 0 bridgehead atoms. The maximum Gasteiger partial charge on any atom is 0.255 e. The minimum absolute atomic E-state index is 0.116. The van der Waals surface area contributed by atoms with Gasteiger partial charge in [-0.25, -0.2) is 0 Å². The summed E-state index contributed by atoms with van der Waals surface area (Å²) in [4.78, 5) is 14.5. The van der Waals surface area contributed by atoms with Crippen molar-refractivity contribution in [1.82, 2.24) is 4.90 Å². The summed E-state index contributed by atoms with van der Waals surface area (Å²) in [5, 5.41) is 11.9. The molecule has 0 heterocycles. The molecule has 0 saturated carbocycles. The Morgan fingerprint density at radius 2 is 1.63 bits per heavy atom. The lowest BCUT2D eigenvalue weighted by atomic mass is 10.1. The Balaban J connectivity index is 1.58. The lowest BCUT2D eigenvalue weighted by molar-refractivity contribution is 0.102. The van der Waals surface area contributed by atoms with Gasteiger partial charge in [0, 0.05) is 24.3 Å². The van der Waals surface area contributed by atoms with Crippen molar-refractivity contribution < 1.29 is 4.79 Å². The van der Waals surface area contributed by atoms with Gasteiger partial charge >= 0.3 is 0 Å². The van der Waals surface area contributed by atoms with Gasteiger partial charge in [0.1, 0.15) is 0 Å². The van der Waals surface area contributed by atoms with E-state index >= 15 is 0 Å². The minimum Gasteiger partial charge on any atom is -0.322 e. The molecule has 0 saturated heterocycles. The van der Waals surface area contributed by atoms with Crippen LogP contribution in [0.4, 0.5) is 5.69 Å². The highest BCUT2D eigenvalue weighted by Gasteiger charge is 2.07. The number of carbonyl (C=O) groups is 1. The molecular weight excluding hydrogens is 334 g/mol. The van der Waals surface area contributed by atoms with E-state index in [-0.39, 0.29) is 5.91 Å². The Morgan fingerprint density at radius 1 is 0.926 bits per heavy atom. The van der Waals surface area contributed by atoms with Crippen molar-refractivity contribution >= 4 is 11.6 Å². The Hall–Kier alpha value is -3.42. The maximum absolute atomic E-state index is 12.3. The molecule has 3 rings (SSSR count). The van der Waals surface area contributed by atoms with Crippen LogP contribution in [0, 0.1) is 11.3 Å². The number of anilines is 1. The van der Waals surface area contributed by atoms with Crippen molar-refractivity contribution in [2.75, 3.05) is 12.4 Å². The Kier molecular flexibility index (Phi) is 5.98. The van der Waals surface area contributed by atoms with Crippen LogP contribution < -0.4 is 5.32 Å². The minimum atomic E-state index is -0.116. The van der Waals surface area contributed by atoms with Crippen LogP contribution in [0.2, 0.25) is 0 Å². The summed E-state index contributed by atoms with van der Waals surface area (Å²) in [5.41, 5.74) is 4.33. The van der Waals surface area contributed by atoms with E-state index in [4.69, 9.17) is 5.26 Å². The molecule has 0 aromatic heterocycles. The van der Waals surface area contributed by atoms with Crippen LogP contribution >= 0.6 is 0 Å². The Bertz CT molecular complexity index is 943. The quantitative estimate of drug-likeness (QED) is 0.711. The van der Waals surface area contributed by atoms with Gasteiger partial charge < -0.3 is 5.32 Å². The third kappa shape index (κ3) is 5.27. The maximum atomic E-state index is 12.3. The van der Waals surface area contributed by atoms with Crippen LogP contribution in [0.3, 0.4) is 0 Å². The van der Waals surface area contributed by atoms with E-state index in [1.807, 2.05) is 85.9 Å². The molecule has 0 unspecified atom stereocenters. The number of amides is 1. The summed E-state index contributed by atoms with van der Waals surface area (Å²) in [6, 6.07) is 26.9. The van der Waals surface area contributed by atoms with Gasteiger partial charge in [-0.15, -0.1) is 0 Å². The first-order valence-electron chi connectivity index (χ1n) is 8.77. The molecule has 27 heavy (non-hydrogen) atoms. The van der Waals surface area contributed by atoms with Crippen LogP contribution in [0.1, 0.15) is 27.0 Å². The van der Waals surface area contributed by atoms with E-state index in [0.29, 0.717) is 11.1 Å². The normalized spacial score (nSPS) is 10.4. The molecule has 0 aliphatic rings. The molecule has 1 amide bonds. The summed E-state index contributed by atoms with van der Waals surface area (Å²) in [5.74, 6) is -0.116. The molecule has 0 radical (unpaired) electrons. The summed E-state index contributed by atoms with van der Waals surface area (Å²) >= 11 is 0. The van der Waals surface area contributed by atoms with E-state index in [1.165, 1.54) is 0 Å². The van der Waals surface area contributed by atoms with Gasteiger partial charge in [0.15, 0.2) is 0 Å². The average Bonchev–Trinajstić information content (AvgIpc) is 2.69. The van der Waals surface area contributed by atoms with Crippen LogP contribution in [0.25, 0.3) is 0 Å². The number of nitrogens with one attached hydrogen (secondary N) is 1. The summed E-state index contributed by atoms with van der Waals surface area (Å²) < 4.78 is 0. The van der Waals surface area contributed by atoms with E-state index in [9.17, 15) is 4.79 Å². The second kappa shape index (κ2) is 8.79. The van der Waals surface area contributed by atoms with Crippen LogP contribution in [0.5, 0.6) is 0 Å². The van der Waals surface area contributed by atoms with E-state index in [0.717, 1.165) is 29.9 Å². The zero-order valence-electron chi connectivity index (χ0n) is 15.2. The molecule has 0 aliphatic carbocycles. The average molecular weight is 355 g/mol. The van der Waals surface area contributed by atoms with Crippen LogP contribution in [-0.2, 0) is 13.1 Å². The van der Waals surface area contributed by atoms with Crippen molar-refractivity contribution in [1.29, 1.82) is 5.26 Å². The first-order valence-corrected chi connectivity index (χ1v) is 8.77. The van der Waals surface area contributed by atoms with Crippen molar-refractivity contribution in [3.05, 3.63) is 101 Å². The molecule has 134 valence electrons. The number of carbonyl (C=O) groups excluding carboxylic acids is 1. The zero-order valence-corrected chi connectivity index (χ0v) is 15.2. The van der Waals surface area contributed by atoms with Crippen molar-refractivity contribution in [2.24, 2.45) is 0 Å². The predicted molar refractivity (Wildman–Crippen MR) is 107 cm³/mol. The number of para-hydroxylation sites is 1. The topological polar surface area (TPSA) is 56.1 Å². The second-order valence-electron chi connectivity index (χ2n) is 6.50. The fourth-order valence-electron chi connectivity index (χ4n) is 2.90. The van der Waals surface area contributed by atoms with E-state index in [1.54, 1.807) is 0 Å². The van der Waals surface area contributed by atoms with Gasteiger partial charge in [-0.05, 0) is 54.6 Å². The van der Waals surface area contributed by atoms with Gasteiger partial charge in [0.25, 0.3) is 5.91 Å². The summed E-state index contributed by atoms with van der Waals surface area (Å²) in [6.07, 6.45) is 0. The fourth-order valence-corrected chi connectivity index (χ4v) is 2.90. The standard InChI is InChI=1S/C23H21N3O/c1-26(17-20-7-5-6-19(14-20)15-24)16-18-10-12-21(13-11-18)23(27)25-22-8-3-2-4-9-22/h2-14H,16-17H2,1H3,(H,25,27). The SMILES string of the molecule is CN(Cc1ccc(C(=O)Nc2ccccc2)cc1)Cc1cccc(C#N)c1. The van der Waals surface area contributed by atoms with Gasteiger partial charge in [0.05, 0.1) is 11.6 Å². The molecule has 4 heteroatoms. The summed E-state index contributed by atoms with van der Waals surface area (Å²) in [7, 11) is 2.04. The lowest BCUT2D eigenvalue weighted by Crippen LogP contribution is -2.17. The third-order valence-electron chi connectivity index (χ3n) is 4.21. The second-order valence-corrected chi connectivity index (χ2v) is 6.50. The highest BCUT2D eigenvalue weighted by atomic mass is 16.1. The number of hydrogen-bond donors (Lipinski definition) is 1. The first kappa shape index (κ1) is 18.4. The molecular formula is C23H21N3O. The number of nitriles is 1. The monoisotopic (exact) mass is 355 g/mol. The first-order chi connectivity index (χ1) is 13.1. The van der Waals surface area contributed by atoms with Crippen molar-refractivity contribution in [2.45, 2.75) is 13.1 Å². The highest BCUT2D eigenvalue weighted by molar-refractivity contribution is 6.04. The van der Waals surface area contributed by atoms with E-state index in [2.05, 4.69) is 16.3 Å². The molecule has 3 aromatic rings. The van der Waals surface area contributed by atoms with Crippen LogP contribution in [-0.4, -0.2) is 17.9 Å². The predicted octanol–water partition coefficient (Wildman–Crippen LogP) is 4.44. The largest absolute Gasteiger partial charge is 0.322 e. The highest BCUT2D eigenvalue weighted by Crippen LogP contribution is 2.13. The number of rotatable bonds is 6. The number of hydrogen-bond acceptors (Lipinski definition) is 3. The third-order valence-corrected chi connectivity index (χ3v) is 4.21. The Morgan fingerprint density at radius 3 is 2.33 bits per heavy atom. The fraction of sp³-hybridized carbons (Fsp3) is 0.130. The zero-order chi connectivity index (χ0) is 19.1. The smallest absolute Gasteiger partial charge is 0.255 e. The van der Waals surface area contributed by atoms with Crippen molar-refractivity contribution in [3.8, 4) is 6.07 Å². The van der Waals surface area contributed by atoms with Gasteiger partial charge in [-0.2, -0.15) is 5.26 Å². The molecule has 4 nitrogen and oxygen atoms in total. The van der Waals surface area contributed by atoms with E-state index < -0.39 is 0 Å². The Labute approximate surface area is 159 Å². The lowest BCUT2D eigenvalue weighted by Gasteiger charge is -2.17. The van der Waals surface area contributed by atoms with Crippen LogP contribution in [0.15, 0.2) is 78.9 Å².